The molecule has 4 nitrogen and oxygen atoms in total. The number of nitrogens with zero attached hydrogens (tertiary/aromatic N) is 1. The molecule has 1 aliphatic rings. The first kappa shape index (κ1) is 15.9. The maximum Gasteiger partial charge on any atom is 0.254 e. The Labute approximate surface area is 130 Å². The van der Waals surface area contributed by atoms with Gasteiger partial charge >= 0.3 is 0 Å². The lowest BCUT2D eigenvalue weighted by Gasteiger charge is -2.25. The largest absolute Gasteiger partial charge is 0.340 e. The molecule has 1 aromatic rings. The van der Waals surface area contributed by atoms with Gasteiger partial charge in [0.25, 0.3) is 5.91 Å². The van der Waals surface area contributed by atoms with Gasteiger partial charge in [0.05, 0.1) is 11.3 Å². The third-order valence-electron chi connectivity index (χ3n) is 3.62. The van der Waals surface area contributed by atoms with Crippen molar-refractivity contribution in [3.05, 3.63) is 29.8 Å². The van der Waals surface area contributed by atoms with Crippen LogP contribution < -0.4 is 10.2 Å². The Hall–Kier alpha value is -1.49. The minimum Gasteiger partial charge on any atom is -0.340 e. The normalized spacial score (nSPS) is 18.2. The van der Waals surface area contributed by atoms with Crippen LogP contribution in [-0.2, 0) is 4.79 Å². The van der Waals surface area contributed by atoms with Gasteiger partial charge in [0.1, 0.15) is 6.04 Å². The number of carbonyl (C=O) groups is 2. The highest BCUT2D eigenvalue weighted by molar-refractivity contribution is 7.98. The van der Waals surface area contributed by atoms with E-state index in [0.717, 1.165) is 24.3 Å². The molecule has 0 saturated heterocycles. The van der Waals surface area contributed by atoms with E-state index in [9.17, 15) is 9.59 Å². The molecule has 0 radical (unpaired) electrons. The topological polar surface area (TPSA) is 49.4 Å². The van der Waals surface area contributed by atoms with E-state index in [1.807, 2.05) is 25.1 Å². The summed E-state index contributed by atoms with van der Waals surface area (Å²) >= 11 is 1.77. The van der Waals surface area contributed by atoms with E-state index < -0.39 is 6.04 Å². The average Bonchev–Trinajstić information content (AvgIpc) is 2.59. The molecular formula is C16H22N2O2S. The van der Waals surface area contributed by atoms with Crippen LogP contribution in [0.4, 0.5) is 5.69 Å². The van der Waals surface area contributed by atoms with Gasteiger partial charge in [-0.3, -0.25) is 9.59 Å². The fourth-order valence-electron chi connectivity index (χ4n) is 2.59. The molecule has 1 aromatic carbocycles. The lowest BCUT2D eigenvalue weighted by Crippen LogP contribution is -2.46. The minimum absolute atomic E-state index is 0.0104. The Kier molecular flexibility index (Phi) is 5.67. The van der Waals surface area contributed by atoms with Gasteiger partial charge in [-0.25, -0.2) is 0 Å². The van der Waals surface area contributed by atoms with Gasteiger partial charge in [-0.05, 0) is 37.0 Å². The van der Waals surface area contributed by atoms with E-state index in [-0.39, 0.29) is 11.8 Å². The molecule has 0 spiro atoms. The van der Waals surface area contributed by atoms with E-state index in [0.29, 0.717) is 18.5 Å². The summed E-state index contributed by atoms with van der Waals surface area (Å²) in [5.41, 5.74) is 1.33. The number of hydrogen-bond acceptors (Lipinski definition) is 3. The van der Waals surface area contributed by atoms with Crippen molar-refractivity contribution >= 4 is 29.3 Å². The second-order valence-corrected chi connectivity index (χ2v) is 6.15. The summed E-state index contributed by atoms with van der Waals surface area (Å²) < 4.78 is 0. The number of anilines is 1. The lowest BCUT2D eigenvalue weighted by molar-refractivity contribution is -0.120. The fraction of sp³-hybridized carbons (Fsp3) is 0.500. The molecule has 1 unspecified atom stereocenters. The highest BCUT2D eigenvalue weighted by Crippen LogP contribution is 2.25. The Balaban J connectivity index is 2.33. The monoisotopic (exact) mass is 306 g/mol. The number of para-hydroxylation sites is 1. The number of nitrogens with one attached hydrogen (secondary N) is 1. The van der Waals surface area contributed by atoms with Crippen molar-refractivity contribution in [3.8, 4) is 0 Å². The van der Waals surface area contributed by atoms with Crippen LogP contribution in [0.3, 0.4) is 0 Å². The van der Waals surface area contributed by atoms with Crippen LogP contribution in [0.1, 0.15) is 36.5 Å². The molecule has 1 heterocycles. The van der Waals surface area contributed by atoms with E-state index in [4.69, 9.17) is 0 Å². The number of rotatable bonds is 6. The van der Waals surface area contributed by atoms with Crippen LogP contribution in [0.5, 0.6) is 0 Å². The zero-order valence-electron chi connectivity index (χ0n) is 12.6. The van der Waals surface area contributed by atoms with Gasteiger partial charge in [0, 0.05) is 6.54 Å². The van der Waals surface area contributed by atoms with Crippen molar-refractivity contribution in [2.45, 2.75) is 32.2 Å². The van der Waals surface area contributed by atoms with Gasteiger partial charge in [-0.1, -0.05) is 25.5 Å². The maximum absolute atomic E-state index is 12.7. The molecule has 1 atom stereocenters. The van der Waals surface area contributed by atoms with Crippen LogP contribution in [0, 0.1) is 0 Å². The summed E-state index contributed by atoms with van der Waals surface area (Å²) in [5, 5.41) is 2.87. The van der Waals surface area contributed by atoms with Crippen LogP contribution in [-0.4, -0.2) is 36.4 Å². The Bertz CT molecular complexity index is 519. The standard InChI is InChI=1S/C16H22N2O2S/c1-3-7-13-16(20)18(10-6-11-21-2)14-9-5-4-8-12(14)15(19)17-13/h4-5,8-9,13H,3,6-7,10-11H2,1-2H3,(H,17,19). The van der Waals surface area contributed by atoms with Gasteiger partial charge in [0.2, 0.25) is 5.91 Å². The Morgan fingerprint density at radius 3 is 2.76 bits per heavy atom. The van der Waals surface area contributed by atoms with Crippen molar-refractivity contribution in [2.24, 2.45) is 0 Å². The number of benzene rings is 1. The second-order valence-electron chi connectivity index (χ2n) is 5.17. The van der Waals surface area contributed by atoms with Crippen molar-refractivity contribution in [3.63, 3.8) is 0 Å². The fourth-order valence-corrected chi connectivity index (χ4v) is 3.01. The maximum atomic E-state index is 12.7. The Morgan fingerprint density at radius 2 is 2.05 bits per heavy atom. The van der Waals surface area contributed by atoms with Crippen molar-refractivity contribution in [1.29, 1.82) is 0 Å². The number of fused-ring (bicyclic) bond motifs is 1. The molecule has 21 heavy (non-hydrogen) atoms. The molecule has 0 bridgehead atoms. The molecule has 1 N–H and O–H groups in total. The zero-order chi connectivity index (χ0) is 15.2. The number of hydrogen-bond donors (Lipinski definition) is 1. The predicted molar refractivity (Wildman–Crippen MR) is 88.0 cm³/mol. The van der Waals surface area contributed by atoms with E-state index in [2.05, 4.69) is 11.6 Å². The van der Waals surface area contributed by atoms with Crippen LogP contribution in [0.2, 0.25) is 0 Å². The Morgan fingerprint density at radius 1 is 1.29 bits per heavy atom. The molecule has 114 valence electrons. The van der Waals surface area contributed by atoms with Crippen LogP contribution in [0.25, 0.3) is 0 Å². The van der Waals surface area contributed by atoms with Gasteiger partial charge in [-0.15, -0.1) is 0 Å². The highest BCUT2D eigenvalue weighted by Gasteiger charge is 2.32. The summed E-state index contributed by atoms with van der Waals surface area (Å²) in [6, 6.07) is 6.95. The van der Waals surface area contributed by atoms with Crippen molar-refractivity contribution in [2.75, 3.05) is 23.5 Å². The summed E-state index contributed by atoms with van der Waals surface area (Å²) in [4.78, 5) is 26.8. The third-order valence-corrected chi connectivity index (χ3v) is 4.31. The van der Waals surface area contributed by atoms with Gasteiger partial charge < -0.3 is 10.2 Å². The van der Waals surface area contributed by atoms with E-state index >= 15 is 0 Å². The van der Waals surface area contributed by atoms with E-state index in [1.54, 1.807) is 22.7 Å². The molecule has 0 fully saturated rings. The molecular weight excluding hydrogens is 284 g/mol. The van der Waals surface area contributed by atoms with Crippen molar-refractivity contribution in [1.82, 2.24) is 5.32 Å². The number of carbonyl (C=O) groups excluding carboxylic acids is 2. The summed E-state index contributed by atoms with van der Waals surface area (Å²) in [5.74, 6) is 0.868. The van der Waals surface area contributed by atoms with E-state index in [1.165, 1.54) is 0 Å². The summed E-state index contributed by atoms with van der Waals surface area (Å²) in [6.45, 7) is 2.68. The molecule has 1 aliphatic heterocycles. The minimum atomic E-state index is -0.413. The van der Waals surface area contributed by atoms with Gasteiger partial charge in [0.15, 0.2) is 0 Å². The first-order valence-electron chi connectivity index (χ1n) is 7.39. The lowest BCUT2D eigenvalue weighted by atomic mass is 10.1. The molecule has 0 aromatic heterocycles. The molecule has 2 rings (SSSR count). The van der Waals surface area contributed by atoms with Crippen molar-refractivity contribution < 1.29 is 9.59 Å². The summed E-state index contributed by atoms with van der Waals surface area (Å²) in [6.07, 6.45) is 4.53. The van der Waals surface area contributed by atoms with Crippen LogP contribution >= 0.6 is 11.8 Å². The predicted octanol–water partition coefficient (Wildman–Crippen LogP) is 2.68. The molecule has 5 heteroatoms. The highest BCUT2D eigenvalue weighted by atomic mass is 32.2. The molecule has 2 amide bonds. The third kappa shape index (κ3) is 3.59. The first-order valence-corrected chi connectivity index (χ1v) is 8.78. The first-order chi connectivity index (χ1) is 10.2. The number of amides is 2. The van der Waals surface area contributed by atoms with Gasteiger partial charge in [-0.2, -0.15) is 11.8 Å². The molecule has 0 aliphatic carbocycles. The smallest absolute Gasteiger partial charge is 0.254 e. The van der Waals surface area contributed by atoms with Crippen LogP contribution in [0.15, 0.2) is 24.3 Å². The second kappa shape index (κ2) is 7.50. The number of thioether (sulfide) groups is 1. The zero-order valence-corrected chi connectivity index (χ0v) is 13.4. The SMILES string of the molecule is CCCC1NC(=O)c2ccccc2N(CCCSC)C1=O. The average molecular weight is 306 g/mol. The molecule has 0 saturated carbocycles. The summed E-state index contributed by atoms with van der Waals surface area (Å²) in [7, 11) is 0. The quantitative estimate of drug-likeness (QED) is 0.822.